The summed E-state index contributed by atoms with van der Waals surface area (Å²) in [7, 11) is 2.12. The average molecular weight is 285 g/mol. The maximum atomic E-state index is 3.56. The number of nitrogens with zero attached hydrogens (tertiary/aromatic N) is 1. The maximum Gasteiger partial charge on any atom is 0.0305 e. The average Bonchev–Trinajstić information content (AvgIpc) is 2.42. The van der Waals surface area contributed by atoms with Crippen LogP contribution in [0.25, 0.3) is 0 Å². The summed E-state index contributed by atoms with van der Waals surface area (Å²) in [5, 5.41) is 3.56. The number of hydrogen-bond donors (Lipinski definition) is 1. The van der Waals surface area contributed by atoms with E-state index < -0.39 is 0 Å². The van der Waals surface area contributed by atoms with Gasteiger partial charge in [0.25, 0.3) is 0 Å². The molecule has 1 unspecified atom stereocenters. The molecule has 2 heteroatoms. The molecule has 1 N–H and O–H groups in total. The van der Waals surface area contributed by atoms with E-state index in [0.29, 0.717) is 6.04 Å². The van der Waals surface area contributed by atoms with Gasteiger partial charge < -0.3 is 5.32 Å². The first kappa shape index (κ1) is 19.9. The van der Waals surface area contributed by atoms with Gasteiger partial charge in [-0.05, 0) is 40.4 Å². The first-order valence-corrected chi connectivity index (χ1v) is 8.96. The maximum absolute atomic E-state index is 3.56. The van der Waals surface area contributed by atoms with E-state index in [1.54, 1.807) is 0 Å². The largest absolute Gasteiger partial charge is 0.315 e. The topological polar surface area (TPSA) is 15.3 Å². The van der Waals surface area contributed by atoms with Crippen LogP contribution in [0.2, 0.25) is 0 Å². The number of rotatable bonds is 13. The molecule has 0 radical (unpaired) electrons. The summed E-state index contributed by atoms with van der Waals surface area (Å²) in [4.78, 5) is 2.58. The second-order valence-electron chi connectivity index (χ2n) is 6.58. The Balaban J connectivity index is 4.02. The van der Waals surface area contributed by atoms with E-state index in [4.69, 9.17) is 0 Å². The first-order chi connectivity index (χ1) is 9.54. The van der Waals surface area contributed by atoms with Gasteiger partial charge in [0.05, 0.1) is 0 Å². The molecule has 122 valence electrons. The molecule has 0 rings (SSSR count). The Labute approximate surface area is 128 Å². The van der Waals surface area contributed by atoms with Crippen molar-refractivity contribution in [1.82, 2.24) is 10.2 Å². The molecule has 0 aliphatic rings. The molecule has 20 heavy (non-hydrogen) atoms. The lowest BCUT2D eigenvalue weighted by molar-refractivity contribution is 0.0895. The number of unbranched alkanes of at least 4 members (excludes halogenated alkanes) is 6. The lowest BCUT2D eigenvalue weighted by Crippen LogP contribution is -2.56. The Kier molecular flexibility index (Phi) is 11.5. The van der Waals surface area contributed by atoms with Gasteiger partial charge in [-0.3, -0.25) is 4.90 Å². The van der Waals surface area contributed by atoms with Crippen molar-refractivity contribution in [1.29, 1.82) is 0 Å². The first-order valence-electron chi connectivity index (χ1n) is 8.96. The monoisotopic (exact) mass is 284 g/mol. The van der Waals surface area contributed by atoms with Crippen LogP contribution < -0.4 is 5.32 Å². The Hall–Kier alpha value is -0.0800. The van der Waals surface area contributed by atoms with Crippen molar-refractivity contribution in [3.63, 3.8) is 0 Å². The fourth-order valence-corrected chi connectivity index (χ4v) is 3.42. The van der Waals surface area contributed by atoms with Crippen LogP contribution in [-0.2, 0) is 0 Å². The third-order valence-corrected chi connectivity index (χ3v) is 4.88. The minimum Gasteiger partial charge on any atom is -0.315 e. The molecule has 0 amide bonds. The van der Waals surface area contributed by atoms with Gasteiger partial charge in [-0.1, -0.05) is 65.7 Å². The normalized spacial score (nSPS) is 13.9. The summed E-state index contributed by atoms with van der Waals surface area (Å²) in [6.45, 7) is 13.9. The molecule has 0 spiro atoms. The van der Waals surface area contributed by atoms with E-state index in [0.717, 1.165) is 13.1 Å². The summed E-state index contributed by atoms with van der Waals surface area (Å²) in [6.07, 6.45) is 11.1. The van der Waals surface area contributed by atoms with E-state index in [-0.39, 0.29) is 5.54 Å². The Morgan fingerprint density at radius 2 is 1.35 bits per heavy atom. The second-order valence-corrected chi connectivity index (χ2v) is 6.58. The fourth-order valence-electron chi connectivity index (χ4n) is 3.42. The van der Waals surface area contributed by atoms with Crippen LogP contribution in [0.15, 0.2) is 0 Å². The van der Waals surface area contributed by atoms with Gasteiger partial charge in [-0.2, -0.15) is 0 Å². The van der Waals surface area contributed by atoms with Crippen molar-refractivity contribution < 1.29 is 0 Å². The SMILES string of the molecule is CCCCCCCCCC(NC)C(C)(C)N(CC)CC. The van der Waals surface area contributed by atoms with Crippen molar-refractivity contribution in [2.24, 2.45) is 0 Å². The van der Waals surface area contributed by atoms with Crippen molar-refractivity contribution in [2.45, 2.75) is 97.6 Å². The molecule has 0 aliphatic carbocycles. The molecule has 0 aliphatic heterocycles. The van der Waals surface area contributed by atoms with E-state index in [9.17, 15) is 0 Å². The Morgan fingerprint density at radius 1 is 0.850 bits per heavy atom. The van der Waals surface area contributed by atoms with Gasteiger partial charge in [0.1, 0.15) is 0 Å². The van der Waals surface area contributed by atoms with Gasteiger partial charge in [-0.25, -0.2) is 0 Å². The van der Waals surface area contributed by atoms with E-state index in [2.05, 4.69) is 51.9 Å². The van der Waals surface area contributed by atoms with E-state index in [1.807, 2.05) is 0 Å². The highest BCUT2D eigenvalue weighted by Crippen LogP contribution is 2.23. The van der Waals surface area contributed by atoms with Gasteiger partial charge in [0.2, 0.25) is 0 Å². The fraction of sp³-hybridized carbons (Fsp3) is 1.00. The zero-order chi connectivity index (χ0) is 15.4. The highest BCUT2D eigenvalue weighted by atomic mass is 15.2. The minimum absolute atomic E-state index is 0.250. The lowest BCUT2D eigenvalue weighted by atomic mass is 9.88. The lowest BCUT2D eigenvalue weighted by Gasteiger charge is -2.43. The summed E-state index contributed by atoms with van der Waals surface area (Å²) in [5.74, 6) is 0. The third kappa shape index (κ3) is 7.08. The number of nitrogens with one attached hydrogen (secondary N) is 1. The van der Waals surface area contributed by atoms with Crippen LogP contribution in [0.4, 0.5) is 0 Å². The quantitative estimate of drug-likeness (QED) is 0.487. The standard InChI is InChI=1S/C18H40N2/c1-7-10-11-12-13-14-15-16-17(19-6)18(4,5)20(8-2)9-3/h17,19H,7-16H2,1-6H3. The van der Waals surface area contributed by atoms with Crippen LogP contribution in [0.1, 0.15) is 86.0 Å². The summed E-state index contributed by atoms with van der Waals surface area (Å²) >= 11 is 0. The number of hydrogen-bond acceptors (Lipinski definition) is 2. The minimum atomic E-state index is 0.250. The van der Waals surface area contributed by atoms with E-state index in [1.165, 1.54) is 51.4 Å². The zero-order valence-electron chi connectivity index (χ0n) is 15.1. The van der Waals surface area contributed by atoms with Crippen LogP contribution in [-0.4, -0.2) is 36.6 Å². The zero-order valence-corrected chi connectivity index (χ0v) is 15.1. The Bertz CT molecular complexity index is 209. The van der Waals surface area contributed by atoms with E-state index >= 15 is 0 Å². The summed E-state index contributed by atoms with van der Waals surface area (Å²) in [5.41, 5.74) is 0.250. The predicted molar refractivity (Wildman–Crippen MR) is 92.5 cm³/mol. The molecule has 2 nitrogen and oxygen atoms in total. The van der Waals surface area contributed by atoms with Crippen LogP contribution in [0.3, 0.4) is 0 Å². The molecule has 0 aromatic rings. The second kappa shape index (κ2) is 11.6. The molecular weight excluding hydrogens is 244 g/mol. The smallest absolute Gasteiger partial charge is 0.0305 e. The summed E-state index contributed by atoms with van der Waals surface area (Å²) in [6, 6.07) is 0.595. The molecule has 0 fully saturated rings. The predicted octanol–water partition coefficient (Wildman–Crippen LogP) is 4.84. The highest BCUT2D eigenvalue weighted by Gasteiger charge is 2.32. The van der Waals surface area contributed by atoms with Crippen molar-refractivity contribution in [3.05, 3.63) is 0 Å². The van der Waals surface area contributed by atoms with Crippen LogP contribution in [0, 0.1) is 0 Å². The van der Waals surface area contributed by atoms with Crippen LogP contribution >= 0.6 is 0 Å². The van der Waals surface area contributed by atoms with Gasteiger partial charge in [0.15, 0.2) is 0 Å². The van der Waals surface area contributed by atoms with Gasteiger partial charge >= 0.3 is 0 Å². The molecule has 0 saturated carbocycles. The molecule has 0 aromatic heterocycles. The highest BCUT2D eigenvalue weighted by molar-refractivity contribution is 4.92. The van der Waals surface area contributed by atoms with Gasteiger partial charge in [-0.15, -0.1) is 0 Å². The van der Waals surface area contributed by atoms with Crippen molar-refractivity contribution in [2.75, 3.05) is 20.1 Å². The Morgan fingerprint density at radius 3 is 1.80 bits per heavy atom. The molecule has 1 atom stereocenters. The third-order valence-electron chi connectivity index (χ3n) is 4.88. The van der Waals surface area contributed by atoms with Crippen molar-refractivity contribution in [3.8, 4) is 0 Å². The molecular formula is C18H40N2. The number of likely N-dealkylation sites (N-methyl/N-ethyl adjacent to an activating group) is 2. The molecule has 0 aromatic carbocycles. The summed E-state index contributed by atoms with van der Waals surface area (Å²) < 4.78 is 0. The van der Waals surface area contributed by atoms with Crippen molar-refractivity contribution >= 4 is 0 Å². The van der Waals surface area contributed by atoms with Crippen LogP contribution in [0.5, 0.6) is 0 Å². The van der Waals surface area contributed by atoms with Gasteiger partial charge in [0, 0.05) is 11.6 Å². The molecule has 0 saturated heterocycles. The molecule has 0 heterocycles. The molecule has 0 bridgehead atoms.